The van der Waals surface area contributed by atoms with E-state index in [1.54, 1.807) is 18.2 Å². The lowest BCUT2D eigenvalue weighted by molar-refractivity contribution is -0.146. The molecule has 0 amide bonds. The van der Waals surface area contributed by atoms with Gasteiger partial charge in [0.05, 0.1) is 43.0 Å². The fourth-order valence-corrected chi connectivity index (χ4v) is 6.49. The van der Waals surface area contributed by atoms with Gasteiger partial charge < -0.3 is 19.0 Å². The molecule has 5 rings (SSSR count). The summed E-state index contributed by atoms with van der Waals surface area (Å²) >= 11 is 7.77. The highest BCUT2D eigenvalue weighted by Crippen LogP contribution is 2.54. The van der Waals surface area contributed by atoms with Gasteiger partial charge in [0.25, 0.3) is 0 Å². The van der Waals surface area contributed by atoms with Gasteiger partial charge in [-0.2, -0.15) is 13.2 Å². The first-order valence-electron chi connectivity index (χ1n) is 12.4. The summed E-state index contributed by atoms with van der Waals surface area (Å²) in [5, 5.41) is 15.7. The molecule has 2 atom stereocenters. The number of halogens is 4. The summed E-state index contributed by atoms with van der Waals surface area (Å²) in [5.41, 5.74) is 1.46. The van der Waals surface area contributed by atoms with E-state index in [0.717, 1.165) is 4.57 Å². The van der Waals surface area contributed by atoms with Gasteiger partial charge in [-0.1, -0.05) is 23.7 Å². The Balaban J connectivity index is 1.61. The molecule has 14 heteroatoms. The Kier molecular flexibility index (Phi) is 8.18. The second-order valence-electron chi connectivity index (χ2n) is 9.16. The number of para-hydroxylation sites is 1. The van der Waals surface area contributed by atoms with Gasteiger partial charge in [0.15, 0.2) is 23.2 Å². The quantitative estimate of drug-likeness (QED) is 0.228. The number of aromatic nitrogens is 4. The van der Waals surface area contributed by atoms with E-state index in [4.69, 9.17) is 30.6 Å². The number of oxazole rings is 1. The predicted octanol–water partition coefficient (Wildman–Crippen LogP) is 6.47. The first-order chi connectivity index (χ1) is 19.6. The van der Waals surface area contributed by atoms with Crippen molar-refractivity contribution in [1.29, 1.82) is 0 Å². The average Bonchev–Trinajstić information content (AvgIpc) is 3.56. The van der Waals surface area contributed by atoms with Crippen LogP contribution in [-0.2, 0) is 23.8 Å². The van der Waals surface area contributed by atoms with Crippen LogP contribution >= 0.6 is 23.4 Å². The number of thioether (sulfide) groups is 1. The number of ether oxygens (including phenoxy) is 2. The molecule has 0 fully saturated rings. The molecule has 0 saturated heterocycles. The lowest BCUT2D eigenvalue weighted by atomic mass is 10.0. The van der Waals surface area contributed by atoms with E-state index in [1.807, 2.05) is 6.07 Å². The first-order valence-corrected chi connectivity index (χ1v) is 13.8. The minimum atomic E-state index is -4.77. The highest BCUT2D eigenvalue weighted by molar-refractivity contribution is 8.00. The van der Waals surface area contributed by atoms with Crippen LogP contribution in [-0.4, -0.2) is 45.0 Å². The number of carboxylic acids is 1. The van der Waals surface area contributed by atoms with Gasteiger partial charge in [-0.05, 0) is 36.2 Å². The van der Waals surface area contributed by atoms with Gasteiger partial charge in [0, 0.05) is 23.4 Å². The molecule has 1 aliphatic heterocycles. The van der Waals surface area contributed by atoms with Crippen LogP contribution < -0.4 is 9.47 Å². The van der Waals surface area contributed by atoms with Crippen LogP contribution in [0.1, 0.15) is 57.8 Å². The first kappa shape index (κ1) is 28.8. The van der Waals surface area contributed by atoms with Crippen molar-refractivity contribution in [3.8, 4) is 17.2 Å². The SMILES string of the molecule is COc1cccc([C@@H]2S[C@@H](CCc3ncc(CCC(=O)O)o3)c3nnc(C(F)(F)F)n3-c3ccc(Cl)cc32)c1OC. The van der Waals surface area contributed by atoms with E-state index in [2.05, 4.69) is 15.2 Å². The molecule has 1 aliphatic rings. The lowest BCUT2D eigenvalue weighted by Crippen LogP contribution is -2.16. The van der Waals surface area contributed by atoms with Gasteiger partial charge in [-0.3, -0.25) is 9.36 Å². The number of nitrogens with zero attached hydrogens (tertiary/aromatic N) is 4. The Morgan fingerprint density at radius 3 is 2.66 bits per heavy atom. The molecule has 0 unspecified atom stereocenters. The molecule has 0 saturated carbocycles. The Labute approximate surface area is 241 Å². The van der Waals surface area contributed by atoms with Crippen molar-refractivity contribution >= 4 is 29.3 Å². The van der Waals surface area contributed by atoms with Gasteiger partial charge in [-0.25, -0.2) is 4.98 Å². The molecule has 0 bridgehead atoms. The number of aliphatic carboxylic acids is 1. The van der Waals surface area contributed by atoms with Crippen LogP contribution in [0.3, 0.4) is 0 Å². The minimum Gasteiger partial charge on any atom is -0.493 e. The summed E-state index contributed by atoms with van der Waals surface area (Å²) in [5.74, 6) is -0.315. The van der Waals surface area contributed by atoms with Gasteiger partial charge in [0.2, 0.25) is 5.82 Å². The Bertz CT molecular complexity index is 1570. The van der Waals surface area contributed by atoms with E-state index < -0.39 is 28.5 Å². The maximum atomic E-state index is 14.2. The number of fused-ring (bicyclic) bond motifs is 3. The smallest absolute Gasteiger partial charge is 0.452 e. The van der Waals surface area contributed by atoms with E-state index in [-0.39, 0.29) is 30.8 Å². The number of aryl methyl sites for hydroxylation is 2. The number of rotatable bonds is 9. The zero-order valence-corrected chi connectivity index (χ0v) is 23.4. The molecule has 216 valence electrons. The van der Waals surface area contributed by atoms with E-state index in [0.29, 0.717) is 45.7 Å². The molecule has 1 N–H and O–H groups in total. The third kappa shape index (κ3) is 5.87. The minimum absolute atomic E-state index is 0.110. The van der Waals surface area contributed by atoms with Crippen molar-refractivity contribution in [2.75, 3.05) is 14.2 Å². The largest absolute Gasteiger partial charge is 0.493 e. The van der Waals surface area contributed by atoms with Gasteiger partial charge in [-0.15, -0.1) is 22.0 Å². The number of methoxy groups -OCH3 is 2. The molecular formula is C27H24ClF3N4O5S. The van der Waals surface area contributed by atoms with Gasteiger partial charge in [0.1, 0.15) is 5.76 Å². The fourth-order valence-electron chi connectivity index (χ4n) is 4.78. The normalized spacial score (nSPS) is 16.5. The van der Waals surface area contributed by atoms with E-state index in [9.17, 15) is 18.0 Å². The highest BCUT2D eigenvalue weighted by atomic mass is 35.5. The number of hydrogen-bond acceptors (Lipinski definition) is 8. The second kappa shape index (κ2) is 11.6. The van der Waals surface area contributed by atoms with E-state index >= 15 is 0 Å². The highest BCUT2D eigenvalue weighted by Gasteiger charge is 2.43. The Morgan fingerprint density at radius 2 is 1.95 bits per heavy atom. The number of carboxylic acid groups (broad SMARTS) is 1. The summed E-state index contributed by atoms with van der Waals surface area (Å²) in [7, 11) is 3.01. The van der Waals surface area contributed by atoms with Crippen LogP contribution in [0.4, 0.5) is 13.2 Å². The maximum absolute atomic E-state index is 14.2. The molecule has 0 aliphatic carbocycles. The summed E-state index contributed by atoms with van der Waals surface area (Å²) < 4.78 is 60.5. The molecule has 41 heavy (non-hydrogen) atoms. The topological polar surface area (TPSA) is 113 Å². The molecule has 2 aromatic carbocycles. The number of carbonyl (C=O) groups is 1. The van der Waals surface area contributed by atoms with Crippen LogP contribution in [0.25, 0.3) is 5.69 Å². The third-order valence-electron chi connectivity index (χ3n) is 6.57. The van der Waals surface area contributed by atoms with Crippen LogP contribution in [0.5, 0.6) is 11.5 Å². The zero-order chi connectivity index (χ0) is 29.3. The number of hydrogen-bond donors (Lipinski definition) is 1. The van der Waals surface area contributed by atoms with Crippen LogP contribution in [0.2, 0.25) is 5.02 Å². The average molecular weight is 609 g/mol. The third-order valence-corrected chi connectivity index (χ3v) is 8.36. The lowest BCUT2D eigenvalue weighted by Gasteiger charge is -2.24. The predicted molar refractivity (Wildman–Crippen MR) is 144 cm³/mol. The summed E-state index contributed by atoms with van der Waals surface area (Å²) in [4.78, 5) is 15.1. The molecule has 0 radical (unpaired) electrons. The fraction of sp³-hybridized carbons (Fsp3) is 0.333. The van der Waals surface area contributed by atoms with Gasteiger partial charge >= 0.3 is 12.1 Å². The van der Waals surface area contributed by atoms with Crippen molar-refractivity contribution < 1.29 is 37.0 Å². The summed E-state index contributed by atoms with van der Waals surface area (Å²) in [6.07, 6.45) is -2.68. The van der Waals surface area contributed by atoms with Crippen molar-refractivity contribution in [3.05, 3.63) is 82.0 Å². The summed E-state index contributed by atoms with van der Waals surface area (Å²) in [6.45, 7) is 0. The summed E-state index contributed by atoms with van der Waals surface area (Å²) in [6, 6.07) is 10.1. The van der Waals surface area contributed by atoms with Crippen molar-refractivity contribution in [3.63, 3.8) is 0 Å². The van der Waals surface area contributed by atoms with Crippen molar-refractivity contribution in [2.45, 2.75) is 42.4 Å². The monoisotopic (exact) mass is 608 g/mol. The Morgan fingerprint density at radius 1 is 1.15 bits per heavy atom. The number of benzene rings is 2. The molecule has 4 aromatic rings. The molecular weight excluding hydrogens is 585 g/mol. The van der Waals surface area contributed by atoms with Crippen LogP contribution in [0.15, 0.2) is 47.0 Å². The zero-order valence-electron chi connectivity index (χ0n) is 21.8. The van der Waals surface area contributed by atoms with Crippen molar-refractivity contribution in [1.82, 2.24) is 19.7 Å². The van der Waals surface area contributed by atoms with E-state index in [1.165, 1.54) is 44.3 Å². The molecule has 3 heterocycles. The standard InChI is InChI=1S/C27H24ClF3N4O5S/c1-38-19-5-3-4-16(23(19)39-2)24-17-12-14(28)6-8-18(17)35-25(33-34-26(35)27(29,30)31)20(41-24)9-10-21-32-13-15(40-21)7-11-22(36)37/h3-6,8,12-13,20,24H,7,9-11H2,1-2H3,(H,36,37)/t20-,24-/m0/s1. The molecule has 2 aromatic heterocycles. The van der Waals surface area contributed by atoms with Crippen LogP contribution in [0, 0.1) is 0 Å². The second-order valence-corrected chi connectivity index (χ2v) is 10.9. The van der Waals surface area contributed by atoms with Crippen molar-refractivity contribution in [2.24, 2.45) is 0 Å². The maximum Gasteiger partial charge on any atom is 0.452 e. The Hall–Kier alpha value is -3.71. The molecule has 9 nitrogen and oxygen atoms in total. The number of alkyl halides is 3. The molecule has 0 spiro atoms.